The zero-order valence-corrected chi connectivity index (χ0v) is 20.0. The van der Waals surface area contributed by atoms with Crippen molar-refractivity contribution in [3.05, 3.63) is 36.0 Å². The summed E-state index contributed by atoms with van der Waals surface area (Å²) < 4.78 is 12.2. The maximum atomic E-state index is 13.1. The van der Waals surface area contributed by atoms with Gasteiger partial charge in [-0.1, -0.05) is 25.7 Å². The molecule has 2 saturated heterocycles. The van der Waals surface area contributed by atoms with Crippen molar-refractivity contribution in [2.24, 2.45) is 40.4 Å². The van der Waals surface area contributed by atoms with Gasteiger partial charge in [0.25, 0.3) is 0 Å². The standard InChI is InChI=1S/C28H36O5/c1-15-25(31)33-23-13-27(15,3)32-14-17(23)19-9-8-18-16-12-22(29)21-6-5-7-24(30)28(21,4)20(16)10-11-26(18,19)2/h5-7,16-20,22-23,29H,1,8-14H2,2-4H3/t16-,17-,18-,19+,20-,22+,23?,26-,27+,28+/m0/s1. The Morgan fingerprint density at radius 1 is 1.06 bits per heavy atom. The highest BCUT2D eigenvalue weighted by molar-refractivity contribution is 5.99. The SMILES string of the molecule is C=C1C(=O)OC2C[C@@]1(C)OC[C@H]2[C@H]1CC[C@H]2[C@@H]3C[C@@H](O)C4=CC=CC(=O)[C@]4(C)[C@H]3CC[C@]12C. The van der Waals surface area contributed by atoms with Crippen LogP contribution in [0.15, 0.2) is 36.0 Å². The first kappa shape index (κ1) is 21.8. The van der Waals surface area contributed by atoms with E-state index in [1.165, 1.54) is 0 Å². The summed E-state index contributed by atoms with van der Waals surface area (Å²) in [7, 11) is 0. The van der Waals surface area contributed by atoms with Crippen LogP contribution in [0.25, 0.3) is 0 Å². The van der Waals surface area contributed by atoms with Gasteiger partial charge in [-0.25, -0.2) is 4.79 Å². The van der Waals surface area contributed by atoms with Gasteiger partial charge in [-0.3, -0.25) is 4.79 Å². The second-order valence-electron chi connectivity index (χ2n) is 12.2. The first-order chi connectivity index (χ1) is 15.6. The molecular formula is C28H36O5. The van der Waals surface area contributed by atoms with Gasteiger partial charge >= 0.3 is 5.97 Å². The third-order valence-electron chi connectivity index (χ3n) is 11.1. The van der Waals surface area contributed by atoms with E-state index in [1.807, 2.05) is 13.0 Å². The highest BCUT2D eigenvalue weighted by Crippen LogP contribution is 2.67. The van der Waals surface area contributed by atoms with Crippen molar-refractivity contribution in [3.8, 4) is 0 Å². The molecule has 33 heavy (non-hydrogen) atoms. The van der Waals surface area contributed by atoms with Crippen molar-refractivity contribution in [1.82, 2.24) is 0 Å². The van der Waals surface area contributed by atoms with Crippen LogP contribution in [0.4, 0.5) is 0 Å². The third-order valence-corrected chi connectivity index (χ3v) is 11.1. The van der Waals surface area contributed by atoms with E-state index in [1.54, 1.807) is 12.2 Å². The van der Waals surface area contributed by atoms with Crippen molar-refractivity contribution in [3.63, 3.8) is 0 Å². The number of fused-ring (bicyclic) bond motifs is 7. The zero-order valence-electron chi connectivity index (χ0n) is 20.0. The molecule has 5 fully saturated rings. The Morgan fingerprint density at radius 2 is 1.79 bits per heavy atom. The number of ketones is 1. The van der Waals surface area contributed by atoms with Crippen LogP contribution >= 0.6 is 0 Å². The molecule has 2 aliphatic heterocycles. The minimum atomic E-state index is -0.604. The van der Waals surface area contributed by atoms with Crippen LogP contribution in [0.3, 0.4) is 0 Å². The molecule has 4 aliphatic carbocycles. The molecule has 0 amide bonds. The lowest BCUT2D eigenvalue weighted by atomic mass is 9.46. The van der Waals surface area contributed by atoms with E-state index >= 15 is 0 Å². The number of ether oxygens (including phenoxy) is 2. The molecule has 1 N–H and O–H groups in total. The lowest BCUT2D eigenvalue weighted by Gasteiger charge is -2.59. The summed E-state index contributed by atoms with van der Waals surface area (Å²) in [6, 6.07) is 0. The molecule has 0 spiro atoms. The maximum Gasteiger partial charge on any atom is 0.336 e. The molecular weight excluding hydrogens is 416 g/mol. The molecule has 0 aromatic heterocycles. The van der Waals surface area contributed by atoms with Crippen molar-refractivity contribution in [1.29, 1.82) is 0 Å². The van der Waals surface area contributed by atoms with Gasteiger partial charge in [0.2, 0.25) is 0 Å². The minimum absolute atomic E-state index is 0.106. The number of esters is 1. The predicted octanol–water partition coefficient (Wildman–Crippen LogP) is 4.16. The van der Waals surface area contributed by atoms with Crippen LogP contribution in [0.5, 0.6) is 0 Å². The van der Waals surface area contributed by atoms with Crippen molar-refractivity contribution in [2.45, 2.75) is 77.1 Å². The summed E-state index contributed by atoms with van der Waals surface area (Å²) in [6.45, 7) is 11.0. The number of hydrogen-bond donors (Lipinski definition) is 1. The fourth-order valence-electron chi connectivity index (χ4n) is 9.16. The van der Waals surface area contributed by atoms with E-state index in [0.717, 1.165) is 37.7 Å². The molecule has 0 aromatic rings. The smallest absolute Gasteiger partial charge is 0.336 e. The van der Waals surface area contributed by atoms with Gasteiger partial charge in [-0.2, -0.15) is 0 Å². The molecule has 0 aromatic carbocycles. The highest BCUT2D eigenvalue weighted by Gasteiger charge is 2.64. The average Bonchev–Trinajstić information content (AvgIpc) is 3.11. The maximum absolute atomic E-state index is 13.1. The molecule has 3 saturated carbocycles. The van der Waals surface area contributed by atoms with Gasteiger partial charge in [0.15, 0.2) is 5.78 Å². The first-order valence-corrected chi connectivity index (χ1v) is 12.7. The van der Waals surface area contributed by atoms with Crippen LogP contribution in [0.1, 0.15) is 59.3 Å². The summed E-state index contributed by atoms with van der Waals surface area (Å²) >= 11 is 0. The molecule has 1 unspecified atom stereocenters. The van der Waals surface area contributed by atoms with Crippen LogP contribution in [0.2, 0.25) is 0 Å². The highest BCUT2D eigenvalue weighted by atomic mass is 16.6. The van der Waals surface area contributed by atoms with E-state index in [-0.39, 0.29) is 35.1 Å². The number of hydrogen-bond acceptors (Lipinski definition) is 5. The van der Waals surface area contributed by atoms with E-state index < -0.39 is 17.1 Å². The summed E-state index contributed by atoms with van der Waals surface area (Å²) in [4.78, 5) is 25.6. The number of carbonyl (C=O) groups excluding carboxylic acids is 2. The van der Waals surface area contributed by atoms with Crippen LogP contribution in [-0.4, -0.2) is 41.3 Å². The van der Waals surface area contributed by atoms with Crippen molar-refractivity contribution >= 4 is 11.8 Å². The fourth-order valence-corrected chi connectivity index (χ4v) is 9.16. The summed E-state index contributed by atoms with van der Waals surface area (Å²) in [6.07, 6.45) is 10.5. The Kier molecular flexibility index (Phi) is 4.56. The number of aliphatic hydroxyl groups is 1. The topological polar surface area (TPSA) is 72.8 Å². The van der Waals surface area contributed by atoms with Crippen molar-refractivity contribution < 1.29 is 24.2 Å². The predicted molar refractivity (Wildman–Crippen MR) is 123 cm³/mol. The normalized spacial score (nSPS) is 53.0. The van der Waals surface area contributed by atoms with Crippen molar-refractivity contribution in [2.75, 3.05) is 6.61 Å². The van der Waals surface area contributed by atoms with Gasteiger partial charge in [0.1, 0.15) is 11.7 Å². The molecule has 6 rings (SSSR count). The van der Waals surface area contributed by atoms with Gasteiger partial charge in [0, 0.05) is 12.3 Å². The second-order valence-corrected chi connectivity index (χ2v) is 12.2. The van der Waals surface area contributed by atoms with Gasteiger partial charge in [-0.05, 0) is 86.7 Å². The quantitative estimate of drug-likeness (QED) is 0.478. The third kappa shape index (κ3) is 2.72. The van der Waals surface area contributed by atoms with E-state index in [4.69, 9.17) is 9.47 Å². The second kappa shape index (κ2) is 6.91. The van der Waals surface area contributed by atoms with Crippen LogP contribution in [-0.2, 0) is 19.1 Å². The van der Waals surface area contributed by atoms with Gasteiger partial charge in [0.05, 0.1) is 23.7 Å². The number of aliphatic hydroxyl groups excluding tert-OH is 1. The fraction of sp³-hybridized carbons (Fsp3) is 0.714. The molecule has 10 atom stereocenters. The minimum Gasteiger partial charge on any atom is -0.458 e. The summed E-state index contributed by atoms with van der Waals surface area (Å²) in [5, 5.41) is 11.1. The molecule has 2 heterocycles. The Balaban J connectivity index is 1.30. The van der Waals surface area contributed by atoms with E-state index in [9.17, 15) is 14.7 Å². The average molecular weight is 453 g/mol. The molecule has 2 bridgehead atoms. The molecule has 178 valence electrons. The molecule has 5 heteroatoms. The number of allylic oxidation sites excluding steroid dienone is 3. The molecule has 5 nitrogen and oxygen atoms in total. The Labute approximate surface area is 196 Å². The first-order valence-electron chi connectivity index (χ1n) is 12.7. The van der Waals surface area contributed by atoms with E-state index in [0.29, 0.717) is 36.4 Å². The molecule has 0 radical (unpaired) electrons. The van der Waals surface area contributed by atoms with Gasteiger partial charge < -0.3 is 14.6 Å². The van der Waals surface area contributed by atoms with E-state index in [2.05, 4.69) is 20.4 Å². The van der Waals surface area contributed by atoms with Crippen LogP contribution < -0.4 is 0 Å². The zero-order chi connectivity index (χ0) is 23.3. The monoisotopic (exact) mass is 452 g/mol. The molecule has 6 aliphatic rings. The number of carbonyl (C=O) groups is 2. The lowest BCUT2D eigenvalue weighted by molar-refractivity contribution is -0.201. The lowest BCUT2D eigenvalue weighted by Crippen LogP contribution is -2.58. The Hall–Kier alpha value is -1.72. The summed E-state index contributed by atoms with van der Waals surface area (Å²) in [5.74, 6) is 1.54. The van der Waals surface area contributed by atoms with Crippen LogP contribution in [0, 0.1) is 40.4 Å². The summed E-state index contributed by atoms with van der Waals surface area (Å²) in [5.41, 5.74) is 0.281. The Bertz CT molecular complexity index is 994. The largest absolute Gasteiger partial charge is 0.458 e. The Morgan fingerprint density at radius 3 is 2.55 bits per heavy atom. The van der Waals surface area contributed by atoms with Gasteiger partial charge in [-0.15, -0.1) is 0 Å². The number of rotatable bonds is 1.